The van der Waals surface area contributed by atoms with Crippen molar-refractivity contribution in [1.82, 2.24) is 9.80 Å². The summed E-state index contributed by atoms with van der Waals surface area (Å²) >= 11 is 0. The monoisotopic (exact) mass is 312 g/mol. The van der Waals surface area contributed by atoms with E-state index in [1.165, 1.54) is 7.11 Å². The lowest BCUT2D eigenvalue weighted by atomic mass is 10.1. The van der Waals surface area contributed by atoms with Crippen molar-refractivity contribution < 1.29 is 23.9 Å². The molecular formula is C15H24N2O5. The zero-order chi connectivity index (χ0) is 16.5. The van der Waals surface area contributed by atoms with Gasteiger partial charge in [-0.2, -0.15) is 0 Å². The molecule has 0 aliphatic carbocycles. The van der Waals surface area contributed by atoms with E-state index in [-0.39, 0.29) is 30.4 Å². The summed E-state index contributed by atoms with van der Waals surface area (Å²) in [5, 5.41) is 0. The highest BCUT2D eigenvalue weighted by molar-refractivity contribution is 5.87. The van der Waals surface area contributed by atoms with Crippen molar-refractivity contribution in [2.24, 2.45) is 5.92 Å². The van der Waals surface area contributed by atoms with Crippen molar-refractivity contribution in [1.29, 1.82) is 0 Å². The number of methoxy groups -OCH3 is 1. The maximum atomic E-state index is 12.1. The molecule has 0 radical (unpaired) electrons. The Hall–Kier alpha value is -1.79. The number of likely N-dealkylation sites (tertiary alicyclic amines) is 2. The van der Waals surface area contributed by atoms with Crippen LogP contribution in [0.25, 0.3) is 0 Å². The van der Waals surface area contributed by atoms with Gasteiger partial charge in [-0.1, -0.05) is 0 Å². The molecule has 7 heteroatoms. The van der Waals surface area contributed by atoms with E-state index in [0.717, 1.165) is 0 Å². The molecule has 0 aromatic rings. The van der Waals surface area contributed by atoms with Crippen molar-refractivity contribution in [2.75, 3.05) is 26.7 Å². The minimum Gasteiger partial charge on any atom is -0.469 e. The largest absolute Gasteiger partial charge is 0.469 e. The number of rotatable bonds is 2. The van der Waals surface area contributed by atoms with Gasteiger partial charge in [0.1, 0.15) is 5.60 Å². The van der Waals surface area contributed by atoms with Gasteiger partial charge >= 0.3 is 12.1 Å². The lowest BCUT2D eigenvalue weighted by Crippen LogP contribution is -2.41. The molecule has 0 saturated carbocycles. The Morgan fingerprint density at radius 1 is 1.23 bits per heavy atom. The number of amides is 2. The molecule has 2 heterocycles. The van der Waals surface area contributed by atoms with E-state index in [9.17, 15) is 14.4 Å². The minimum absolute atomic E-state index is 0.0466. The van der Waals surface area contributed by atoms with Gasteiger partial charge in [0, 0.05) is 26.1 Å². The van der Waals surface area contributed by atoms with Crippen LogP contribution in [-0.4, -0.2) is 66.2 Å². The summed E-state index contributed by atoms with van der Waals surface area (Å²) in [5.74, 6) is -0.794. The molecule has 2 saturated heterocycles. The van der Waals surface area contributed by atoms with E-state index >= 15 is 0 Å². The van der Waals surface area contributed by atoms with Crippen LogP contribution in [0.5, 0.6) is 0 Å². The summed E-state index contributed by atoms with van der Waals surface area (Å²) < 4.78 is 10.1. The first-order chi connectivity index (χ1) is 10.2. The molecule has 0 bridgehead atoms. The Morgan fingerprint density at radius 3 is 2.50 bits per heavy atom. The van der Waals surface area contributed by atoms with Gasteiger partial charge in [0.05, 0.1) is 19.1 Å². The molecule has 2 unspecified atom stereocenters. The van der Waals surface area contributed by atoms with E-state index in [0.29, 0.717) is 26.1 Å². The van der Waals surface area contributed by atoms with Crippen LogP contribution in [-0.2, 0) is 19.1 Å². The van der Waals surface area contributed by atoms with E-state index in [1.54, 1.807) is 9.80 Å². The van der Waals surface area contributed by atoms with Crippen LogP contribution < -0.4 is 0 Å². The molecule has 0 aromatic carbocycles. The topological polar surface area (TPSA) is 76.2 Å². The Morgan fingerprint density at radius 2 is 1.91 bits per heavy atom. The Kier molecular flexibility index (Phi) is 4.63. The van der Waals surface area contributed by atoms with Crippen molar-refractivity contribution in [3.05, 3.63) is 0 Å². The van der Waals surface area contributed by atoms with Gasteiger partial charge in [-0.3, -0.25) is 9.59 Å². The van der Waals surface area contributed by atoms with Crippen molar-refractivity contribution in [2.45, 2.75) is 45.3 Å². The van der Waals surface area contributed by atoms with Crippen LogP contribution in [0, 0.1) is 5.92 Å². The first-order valence-corrected chi connectivity index (χ1v) is 7.56. The van der Waals surface area contributed by atoms with Crippen LogP contribution in [0.1, 0.15) is 33.6 Å². The lowest BCUT2D eigenvalue weighted by Gasteiger charge is -2.26. The smallest absolute Gasteiger partial charge is 0.410 e. The number of ether oxygens (including phenoxy) is 2. The molecule has 7 nitrogen and oxygen atoms in total. The third-order valence-corrected chi connectivity index (χ3v) is 3.95. The minimum atomic E-state index is -0.533. The zero-order valence-electron chi connectivity index (χ0n) is 13.6. The fraction of sp³-hybridized carbons (Fsp3) is 0.800. The summed E-state index contributed by atoms with van der Waals surface area (Å²) in [6.07, 6.45) is 0.542. The van der Waals surface area contributed by atoms with Gasteiger partial charge in [0.25, 0.3) is 0 Å². The second kappa shape index (κ2) is 6.14. The van der Waals surface area contributed by atoms with E-state index in [4.69, 9.17) is 9.47 Å². The van der Waals surface area contributed by atoms with Gasteiger partial charge in [-0.25, -0.2) is 4.79 Å². The van der Waals surface area contributed by atoms with Crippen molar-refractivity contribution in [3.8, 4) is 0 Å². The quantitative estimate of drug-likeness (QED) is 0.712. The van der Waals surface area contributed by atoms with Crippen LogP contribution >= 0.6 is 0 Å². The predicted molar refractivity (Wildman–Crippen MR) is 78.0 cm³/mol. The van der Waals surface area contributed by atoms with Gasteiger partial charge in [0.15, 0.2) is 0 Å². The van der Waals surface area contributed by atoms with E-state index in [1.807, 2.05) is 20.8 Å². The fourth-order valence-electron chi connectivity index (χ4n) is 2.90. The zero-order valence-corrected chi connectivity index (χ0v) is 13.6. The highest BCUT2D eigenvalue weighted by atomic mass is 16.6. The van der Waals surface area contributed by atoms with Crippen LogP contribution in [0.15, 0.2) is 0 Å². The number of carbonyl (C=O) groups is 3. The number of nitrogens with zero attached hydrogens (tertiary/aromatic N) is 2. The van der Waals surface area contributed by atoms with Gasteiger partial charge in [-0.15, -0.1) is 0 Å². The average Bonchev–Trinajstić information content (AvgIpc) is 3.02. The third kappa shape index (κ3) is 3.69. The van der Waals surface area contributed by atoms with Crippen molar-refractivity contribution in [3.63, 3.8) is 0 Å². The van der Waals surface area contributed by atoms with Crippen LogP contribution in [0.3, 0.4) is 0 Å². The number of carbonyl (C=O) groups excluding carboxylic acids is 3. The van der Waals surface area contributed by atoms with Crippen LogP contribution in [0.2, 0.25) is 0 Å². The highest BCUT2D eigenvalue weighted by Gasteiger charge is 2.41. The van der Waals surface area contributed by atoms with Gasteiger partial charge in [-0.05, 0) is 27.2 Å². The second-order valence-corrected chi connectivity index (χ2v) is 6.84. The summed E-state index contributed by atoms with van der Waals surface area (Å²) in [6.45, 7) is 6.86. The maximum absolute atomic E-state index is 12.1. The molecule has 2 aliphatic heterocycles. The van der Waals surface area contributed by atoms with E-state index < -0.39 is 11.5 Å². The average molecular weight is 312 g/mol. The molecule has 0 spiro atoms. The number of hydrogen-bond acceptors (Lipinski definition) is 5. The third-order valence-electron chi connectivity index (χ3n) is 3.95. The molecule has 2 rings (SSSR count). The summed E-state index contributed by atoms with van der Waals surface area (Å²) in [6, 6.07) is -0.0466. The molecule has 0 aromatic heterocycles. The summed E-state index contributed by atoms with van der Waals surface area (Å²) in [4.78, 5) is 39.0. The summed E-state index contributed by atoms with van der Waals surface area (Å²) in [5.41, 5.74) is -0.533. The Bertz CT molecular complexity index is 471. The number of esters is 1. The predicted octanol–water partition coefficient (Wildman–Crippen LogP) is 1.02. The molecule has 2 atom stereocenters. The normalized spacial score (nSPS) is 25.5. The molecule has 2 aliphatic rings. The maximum Gasteiger partial charge on any atom is 0.410 e. The molecule has 0 N–H and O–H groups in total. The first kappa shape index (κ1) is 16.6. The van der Waals surface area contributed by atoms with Crippen molar-refractivity contribution >= 4 is 18.0 Å². The molecular weight excluding hydrogens is 288 g/mol. The highest BCUT2D eigenvalue weighted by Crippen LogP contribution is 2.26. The SMILES string of the molecule is COC(=O)C1CC(=O)N(C2CCN(C(=O)OC(C)(C)C)C2)C1. The molecule has 2 fully saturated rings. The Balaban J connectivity index is 1.92. The first-order valence-electron chi connectivity index (χ1n) is 7.56. The second-order valence-electron chi connectivity index (χ2n) is 6.84. The van der Waals surface area contributed by atoms with Crippen LogP contribution in [0.4, 0.5) is 4.79 Å². The molecule has 124 valence electrons. The van der Waals surface area contributed by atoms with Gasteiger partial charge in [0.2, 0.25) is 5.91 Å². The molecule has 2 amide bonds. The fourth-order valence-corrected chi connectivity index (χ4v) is 2.90. The number of hydrogen-bond donors (Lipinski definition) is 0. The summed E-state index contributed by atoms with van der Waals surface area (Å²) in [7, 11) is 1.33. The molecule has 22 heavy (non-hydrogen) atoms. The Labute approximate surface area is 130 Å². The lowest BCUT2D eigenvalue weighted by molar-refractivity contribution is -0.145. The standard InChI is InChI=1S/C15H24N2O5/c1-15(2,3)22-14(20)16-6-5-11(9-16)17-8-10(7-12(17)18)13(19)21-4/h10-11H,5-9H2,1-4H3. The van der Waals surface area contributed by atoms with Gasteiger partial charge < -0.3 is 19.3 Å². The van der Waals surface area contributed by atoms with E-state index in [2.05, 4.69) is 0 Å².